The fourth-order valence-corrected chi connectivity index (χ4v) is 4.31. The van der Waals surface area contributed by atoms with Gasteiger partial charge < -0.3 is 9.64 Å². The maximum Gasteiger partial charge on any atom is 0.274 e. The number of morpholine rings is 1. The Bertz CT molecular complexity index is 796. The number of ether oxygens (including phenoxy) is 1. The van der Waals surface area contributed by atoms with Crippen molar-refractivity contribution in [3.05, 3.63) is 52.8 Å². The van der Waals surface area contributed by atoms with E-state index in [9.17, 15) is 4.79 Å². The molecule has 1 fully saturated rings. The van der Waals surface area contributed by atoms with Crippen LogP contribution >= 0.6 is 0 Å². The van der Waals surface area contributed by atoms with Crippen LogP contribution in [0.1, 0.15) is 33.7 Å². The first-order chi connectivity index (χ1) is 13.1. The van der Waals surface area contributed by atoms with E-state index in [-0.39, 0.29) is 5.91 Å². The summed E-state index contributed by atoms with van der Waals surface area (Å²) < 4.78 is 7.41. The van der Waals surface area contributed by atoms with Gasteiger partial charge in [-0.05, 0) is 24.8 Å². The Morgan fingerprint density at radius 2 is 2.00 bits per heavy atom. The molecule has 1 aliphatic heterocycles. The Kier molecular flexibility index (Phi) is 5.27. The van der Waals surface area contributed by atoms with E-state index >= 15 is 0 Å². The maximum atomic E-state index is 13.1. The second-order valence-electron chi connectivity index (χ2n) is 7.59. The molecule has 144 valence electrons. The molecule has 0 saturated carbocycles. The van der Waals surface area contributed by atoms with E-state index in [0.29, 0.717) is 18.3 Å². The van der Waals surface area contributed by atoms with Gasteiger partial charge in [0.05, 0.1) is 13.2 Å². The predicted octanol–water partition coefficient (Wildman–Crippen LogP) is 1.88. The highest BCUT2D eigenvalue weighted by atomic mass is 16.5. The molecule has 6 nitrogen and oxygen atoms in total. The highest BCUT2D eigenvalue weighted by molar-refractivity contribution is 5.94. The third kappa shape index (κ3) is 3.77. The van der Waals surface area contributed by atoms with Crippen molar-refractivity contribution in [3.63, 3.8) is 0 Å². The molecule has 1 amide bonds. The van der Waals surface area contributed by atoms with E-state index in [1.54, 1.807) is 4.90 Å². The number of fused-ring (bicyclic) bond motifs is 1. The zero-order valence-electron chi connectivity index (χ0n) is 16.2. The van der Waals surface area contributed by atoms with Crippen molar-refractivity contribution >= 4 is 5.91 Å². The molecule has 1 aromatic heterocycles. The fraction of sp³-hybridized carbons (Fsp3) is 0.524. The standard InChI is InChI=1S/C21H28N4O2/c1-23(15-16-6-4-3-5-7-16)21(26)20-18-14-17(25-10-12-27-13-11-25)8-9-19(18)24(2)22-20/h3-7,17H,8-15H2,1-2H3. The summed E-state index contributed by atoms with van der Waals surface area (Å²) in [7, 11) is 3.82. The molecule has 0 N–H and O–H groups in total. The molecular formula is C21H28N4O2. The molecule has 0 bridgehead atoms. The number of carbonyl (C=O) groups excluding carboxylic acids is 1. The van der Waals surface area contributed by atoms with Gasteiger partial charge >= 0.3 is 0 Å². The molecule has 27 heavy (non-hydrogen) atoms. The molecule has 2 aliphatic rings. The van der Waals surface area contributed by atoms with Gasteiger partial charge in [-0.2, -0.15) is 5.10 Å². The van der Waals surface area contributed by atoms with E-state index < -0.39 is 0 Å². The lowest BCUT2D eigenvalue weighted by Gasteiger charge is -2.36. The number of amides is 1. The summed E-state index contributed by atoms with van der Waals surface area (Å²) in [6, 6.07) is 10.6. The highest BCUT2D eigenvalue weighted by Crippen LogP contribution is 2.28. The minimum absolute atomic E-state index is 0.0123. The van der Waals surface area contributed by atoms with Gasteiger partial charge in [-0.1, -0.05) is 30.3 Å². The maximum absolute atomic E-state index is 13.1. The van der Waals surface area contributed by atoms with Gasteiger partial charge in [0.15, 0.2) is 5.69 Å². The van der Waals surface area contributed by atoms with Crippen molar-refractivity contribution in [1.29, 1.82) is 0 Å². The fourth-order valence-electron chi connectivity index (χ4n) is 4.31. The number of hydrogen-bond donors (Lipinski definition) is 0. The molecule has 1 aromatic carbocycles. The van der Waals surface area contributed by atoms with Gasteiger partial charge in [0, 0.05) is 51.0 Å². The number of hydrogen-bond acceptors (Lipinski definition) is 4. The van der Waals surface area contributed by atoms with Crippen LogP contribution in [-0.2, 0) is 31.2 Å². The average molecular weight is 368 g/mol. The molecule has 0 radical (unpaired) electrons. The molecule has 1 unspecified atom stereocenters. The van der Waals surface area contributed by atoms with Crippen LogP contribution in [-0.4, -0.2) is 64.9 Å². The number of rotatable bonds is 4. The number of aryl methyl sites for hydroxylation is 1. The van der Waals surface area contributed by atoms with Crippen LogP contribution < -0.4 is 0 Å². The van der Waals surface area contributed by atoms with E-state index in [0.717, 1.165) is 56.7 Å². The molecule has 1 atom stereocenters. The second-order valence-corrected chi connectivity index (χ2v) is 7.59. The van der Waals surface area contributed by atoms with Crippen LogP contribution in [0.3, 0.4) is 0 Å². The van der Waals surface area contributed by atoms with Gasteiger partial charge in [-0.3, -0.25) is 14.4 Å². The van der Waals surface area contributed by atoms with Crippen molar-refractivity contribution in [2.75, 3.05) is 33.4 Å². The van der Waals surface area contributed by atoms with Crippen LogP contribution in [0.5, 0.6) is 0 Å². The quantitative estimate of drug-likeness (QED) is 0.827. The largest absolute Gasteiger partial charge is 0.379 e. The Morgan fingerprint density at radius 1 is 1.26 bits per heavy atom. The third-order valence-electron chi connectivity index (χ3n) is 5.80. The van der Waals surface area contributed by atoms with Crippen molar-refractivity contribution in [1.82, 2.24) is 19.6 Å². The summed E-state index contributed by atoms with van der Waals surface area (Å²) in [5.41, 5.74) is 4.12. The Balaban J connectivity index is 1.53. The topological polar surface area (TPSA) is 50.6 Å². The number of benzene rings is 1. The molecular weight excluding hydrogens is 340 g/mol. The Labute approximate surface area is 160 Å². The van der Waals surface area contributed by atoms with E-state index in [1.807, 2.05) is 49.1 Å². The van der Waals surface area contributed by atoms with Crippen molar-refractivity contribution < 1.29 is 9.53 Å². The second kappa shape index (κ2) is 7.82. The normalized spacial score (nSPS) is 20.3. The lowest BCUT2D eigenvalue weighted by molar-refractivity contribution is 0.0135. The average Bonchev–Trinajstić information content (AvgIpc) is 3.05. The molecule has 2 heterocycles. The summed E-state index contributed by atoms with van der Waals surface area (Å²) in [5.74, 6) is 0.0123. The predicted molar refractivity (Wildman–Crippen MR) is 104 cm³/mol. The lowest BCUT2D eigenvalue weighted by atomic mass is 9.90. The smallest absolute Gasteiger partial charge is 0.274 e. The number of carbonyl (C=O) groups is 1. The van der Waals surface area contributed by atoms with Crippen LogP contribution in [0.25, 0.3) is 0 Å². The van der Waals surface area contributed by atoms with Gasteiger partial charge in [0.1, 0.15) is 0 Å². The van der Waals surface area contributed by atoms with Gasteiger partial charge in [-0.25, -0.2) is 0 Å². The monoisotopic (exact) mass is 368 g/mol. The summed E-state index contributed by atoms with van der Waals surface area (Å²) in [6.45, 7) is 4.18. The van der Waals surface area contributed by atoms with Gasteiger partial charge in [0.2, 0.25) is 0 Å². The van der Waals surface area contributed by atoms with Crippen molar-refractivity contribution in [2.45, 2.75) is 31.8 Å². The van der Waals surface area contributed by atoms with Crippen LogP contribution in [0.4, 0.5) is 0 Å². The SMILES string of the molecule is CN(Cc1ccccc1)C(=O)c1nn(C)c2c1CC(N1CCOCC1)CC2. The van der Waals surface area contributed by atoms with E-state index in [1.165, 1.54) is 5.69 Å². The summed E-state index contributed by atoms with van der Waals surface area (Å²) in [5, 5.41) is 4.62. The van der Waals surface area contributed by atoms with E-state index in [4.69, 9.17) is 4.74 Å². The summed E-state index contributed by atoms with van der Waals surface area (Å²) in [6.07, 6.45) is 3.01. The molecule has 4 rings (SSSR count). The molecule has 2 aromatic rings. The van der Waals surface area contributed by atoms with Crippen LogP contribution in [0.2, 0.25) is 0 Å². The molecule has 1 saturated heterocycles. The minimum Gasteiger partial charge on any atom is -0.379 e. The van der Waals surface area contributed by atoms with E-state index in [2.05, 4.69) is 10.00 Å². The minimum atomic E-state index is 0.0123. The highest BCUT2D eigenvalue weighted by Gasteiger charge is 2.32. The lowest BCUT2D eigenvalue weighted by Crippen LogP contribution is -2.46. The van der Waals surface area contributed by atoms with Crippen LogP contribution in [0, 0.1) is 0 Å². The van der Waals surface area contributed by atoms with Gasteiger partial charge in [0.25, 0.3) is 5.91 Å². The molecule has 1 aliphatic carbocycles. The first-order valence-electron chi connectivity index (χ1n) is 9.79. The van der Waals surface area contributed by atoms with Crippen molar-refractivity contribution in [2.24, 2.45) is 7.05 Å². The number of aromatic nitrogens is 2. The third-order valence-corrected chi connectivity index (χ3v) is 5.80. The summed E-state index contributed by atoms with van der Waals surface area (Å²) in [4.78, 5) is 17.4. The summed E-state index contributed by atoms with van der Waals surface area (Å²) >= 11 is 0. The van der Waals surface area contributed by atoms with Crippen molar-refractivity contribution in [3.8, 4) is 0 Å². The first kappa shape index (κ1) is 18.2. The molecule has 0 spiro atoms. The van der Waals surface area contributed by atoms with Gasteiger partial charge in [-0.15, -0.1) is 0 Å². The number of nitrogens with zero attached hydrogens (tertiary/aromatic N) is 4. The zero-order chi connectivity index (χ0) is 18.8. The van der Waals surface area contributed by atoms with Crippen LogP contribution in [0.15, 0.2) is 30.3 Å². The Morgan fingerprint density at radius 3 is 2.74 bits per heavy atom. The zero-order valence-corrected chi connectivity index (χ0v) is 16.2. The Hall–Kier alpha value is -2.18. The molecule has 6 heteroatoms. The first-order valence-corrected chi connectivity index (χ1v) is 9.79.